The smallest absolute Gasteiger partial charge is 0.236 e. The van der Waals surface area contributed by atoms with Crippen molar-refractivity contribution >= 4 is 5.91 Å². The minimum Gasteiger partial charge on any atom is -0.340 e. The lowest BCUT2D eigenvalue weighted by molar-refractivity contribution is -0.130. The van der Waals surface area contributed by atoms with E-state index in [4.69, 9.17) is 4.52 Å². The van der Waals surface area contributed by atoms with E-state index < -0.39 is 0 Å². The number of nitrogens with one attached hydrogen (secondary N) is 1. The van der Waals surface area contributed by atoms with Crippen molar-refractivity contribution in [1.82, 2.24) is 20.4 Å². The number of likely N-dealkylation sites (N-methyl/N-ethyl adjacent to an activating group) is 1. The van der Waals surface area contributed by atoms with Gasteiger partial charge in [-0.2, -0.15) is 4.98 Å². The molecule has 1 N–H and O–H groups in total. The summed E-state index contributed by atoms with van der Waals surface area (Å²) in [4.78, 5) is 17.8. The Morgan fingerprint density at radius 1 is 1.59 bits per heavy atom. The molecule has 94 valence electrons. The largest absolute Gasteiger partial charge is 0.340 e. The van der Waals surface area contributed by atoms with Crippen LogP contribution in [-0.4, -0.2) is 40.1 Å². The maximum Gasteiger partial charge on any atom is 0.236 e. The molecular formula is C11H18N4O2. The zero-order chi connectivity index (χ0) is 12.3. The first-order chi connectivity index (χ1) is 8.20. The molecule has 6 nitrogen and oxygen atoms in total. The van der Waals surface area contributed by atoms with E-state index in [-0.39, 0.29) is 5.91 Å². The van der Waals surface area contributed by atoms with Gasteiger partial charge in [0, 0.05) is 19.5 Å². The average Bonchev–Trinajstić information content (AvgIpc) is 3.04. The summed E-state index contributed by atoms with van der Waals surface area (Å²) >= 11 is 0. The molecule has 2 rings (SSSR count). The maximum absolute atomic E-state index is 11.9. The quantitative estimate of drug-likeness (QED) is 0.780. The highest BCUT2D eigenvalue weighted by Crippen LogP contribution is 2.26. The fourth-order valence-corrected chi connectivity index (χ4v) is 1.82. The molecule has 1 aromatic rings. The lowest BCUT2D eigenvalue weighted by Crippen LogP contribution is -2.39. The van der Waals surface area contributed by atoms with Gasteiger partial charge < -0.3 is 14.7 Å². The van der Waals surface area contributed by atoms with Crippen LogP contribution in [0.1, 0.15) is 31.5 Å². The topological polar surface area (TPSA) is 71.3 Å². The molecule has 0 aromatic carbocycles. The van der Waals surface area contributed by atoms with Crippen LogP contribution in [0.25, 0.3) is 0 Å². The fourth-order valence-electron chi connectivity index (χ4n) is 1.82. The Morgan fingerprint density at radius 3 is 2.88 bits per heavy atom. The number of nitrogens with zero attached hydrogens (tertiary/aromatic N) is 3. The van der Waals surface area contributed by atoms with Gasteiger partial charge in [-0.3, -0.25) is 4.79 Å². The zero-order valence-corrected chi connectivity index (χ0v) is 10.3. The van der Waals surface area contributed by atoms with Gasteiger partial charge in [-0.05, 0) is 19.8 Å². The van der Waals surface area contributed by atoms with Crippen molar-refractivity contribution in [3.8, 4) is 0 Å². The molecule has 1 aromatic heterocycles. The Bertz CT molecular complexity index is 387. The predicted molar refractivity (Wildman–Crippen MR) is 61.2 cm³/mol. The highest BCUT2D eigenvalue weighted by molar-refractivity contribution is 5.78. The molecule has 1 heterocycles. The Morgan fingerprint density at radius 2 is 2.35 bits per heavy atom. The number of carbonyl (C=O) groups is 1. The summed E-state index contributed by atoms with van der Waals surface area (Å²) in [5, 5.41) is 6.79. The number of aromatic nitrogens is 2. The molecule has 0 aliphatic heterocycles. The summed E-state index contributed by atoms with van der Waals surface area (Å²) in [5.41, 5.74) is 0. The van der Waals surface area contributed by atoms with Gasteiger partial charge in [0.15, 0.2) is 5.82 Å². The van der Waals surface area contributed by atoms with E-state index >= 15 is 0 Å². The maximum atomic E-state index is 11.9. The highest BCUT2D eigenvalue weighted by Gasteiger charge is 2.30. The molecule has 1 aliphatic rings. The van der Waals surface area contributed by atoms with Crippen molar-refractivity contribution in [2.24, 2.45) is 0 Å². The molecule has 1 fully saturated rings. The van der Waals surface area contributed by atoms with E-state index in [1.54, 1.807) is 6.92 Å². The van der Waals surface area contributed by atoms with Gasteiger partial charge >= 0.3 is 0 Å². The Hall–Kier alpha value is -1.43. The third-order valence-electron chi connectivity index (χ3n) is 2.78. The molecular weight excluding hydrogens is 220 g/mol. The third-order valence-corrected chi connectivity index (χ3v) is 2.78. The summed E-state index contributed by atoms with van der Waals surface area (Å²) in [6.07, 6.45) is 2.28. The van der Waals surface area contributed by atoms with Crippen molar-refractivity contribution in [2.75, 3.05) is 13.1 Å². The van der Waals surface area contributed by atoms with Gasteiger partial charge in [-0.25, -0.2) is 0 Å². The summed E-state index contributed by atoms with van der Waals surface area (Å²) in [6.45, 7) is 5.34. The van der Waals surface area contributed by atoms with Crippen LogP contribution in [0.4, 0.5) is 0 Å². The third kappa shape index (κ3) is 3.26. The molecule has 6 heteroatoms. The second kappa shape index (κ2) is 5.27. The second-order valence-electron chi connectivity index (χ2n) is 4.24. The highest BCUT2D eigenvalue weighted by atomic mass is 16.5. The van der Waals surface area contributed by atoms with Crippen LogP contribution in [0.15, 0.2) is 4.52 Å². The van der Waals surface area contributed by atoms with Crippen LogP contribution < -0.4 is 5.32 Å². The minimum absolute atomic E-state index is 0.148. The van der Waals surface area contributed by atoms with Crippen LogP contribution in [0.3, 0.4) is 0 Å². The van der Waals surface area contributed by atoms with Crippen molar-refractivity contribution in [3.63, 3.8) is 0 Å². The first-order valence-electron chi connectivity index (χ1n) is 6.00. The first kappa shape index (κ1) is 12.0. The van der Waals surface area contributed by atoms with Gasteiger partial charge in [0.25, 0.3) is 0 Å². The van der Waals surface area contributed by atoms with Crippen LogP contribution in [0.2, 0.25) is 0 Å². The SMILES string of the molecule is CCN(C(=O)CNCc1noc(C)n1)C1CC1. The summed E-state index contributed by atoms with van der Waals surface area (Å²) in [5.74, 6) is 1.28. The molecule has 1 amide bonds. The van der Waals surface area contributed by atoms with Crippen molar-refractivity contribution < 1.29 is 9.32 Å². The lowest BCUT2D eigenvalue weighted by Gasteiger charge is -2.20. The second-order valence-corrected chi connectivity index (χ2v) is 4.24. The standard InChI is InChI=1S/C11H18N4O2/c1-3-15(9-4-5-9)11(16)7-12-6-10-13-8(2)17-14-10/h9,12H,3-7H2,1-2H3. The van der Waals surface area contributed by atoms with Crippen LogP contribution in [0, 0.1) is 6.92 Å². The van der Waals surface area contributed by atoms with Crippen molar-refractivity contribution in [2.45, 2.75) is 39.3 Å². The summed E-state index contributed by atoms with van der Waals surface area (Å²) in [6, 6.07) is 0.474. The van der Waals surface area contributed by atoms with E-state index in [0.717, 1.165) is 19.4 Å². The van der Waals surface area contributed by atoms with E-state index in [0.29, 0.717) is 30.8 Å². The number of hydrogen-bond acceptors (Lipinski definition) is 5. The van der Waals surface area contributed by atoms with Crippen molar-refractivity contribution in [1.29, 1.82) is 0 Å². The van der Waals surface area contributed by atoms with E-state index in [1.165, 1.54) is 0 Å². The van der Waals surface area contributed by atoms with Gasteiger partial charge in [0.2, 0.25) is 11.8 Å². The van der Waals surface area contributed by atoms with E-state index in [9.17, 15) is 4.79 Å². The molecule has 17 heavy (non-hydrogen) atoms. The predicted octanol–water partition coefficient (Wildman–Crippen LogP) is 0.479. The molecule has 0 atom stereocenters. The monoisotopic (exact) mass is 238 g/mol. The molecule has 1 aliphatic carbocycles. The summed E-state index contributed by atoms with van der Waals surface area (Å²) in [7, 11) is 0. The van der Waals surface area contributed by atoms with Gasteiger partial charge in [0.1, 0.15) is 0 Å². The first-order valence-corrected chi connectivity index (χ1v) is 6.00. The lowest BCUT2D eigenvalue weighted by atomic mass is 10.4. The average molecular weight is 238 g/mol. The molecule has 0 saturated heterocycles. The van der Waals surface area contributed by atoms with Crippen LogP contribution >= 0.6 is 0 Å². The Labute approximate surface area is 100 Å². The number of hydrogen-bond donors (Lipinski definition) is 1. The Kier molecular flexibility index (Phi) is 3.73. The molecule has 0 bridgehead atoms. The molecule has 0 radical (unpaired) electrons. The normalized spacial score (nSPS) is 14.9. The van der Waals surface area contributed by atoms with Crippen molar-refractivity contribution in [3.05, 3.63) is 11.7 Å². The number of carbonyl (C=O) groups excluding carboxylic acids is 1. The molecule has 0 spiro atoms. The zero-order valence-electron chi connectivity index (χ0n) is 10.3. The van der Waals surface area contributed by atoms with Gasteiger partial charge in [-0.15, -0.1) is 0 Å². The van der Waals surface area contributed by atoms with Gasteiger partial charge in [0.05, 0.1) is 13.1 Å². The summed E-state index contributed by atoms with van der Waals surface area (Å²) < 4.78 is 4.84. The van der Waals surface area contributed by atoms with E-state index in [1.807, 2.05) is 11.8 Å². The van der Waals surface area contributed by atoms with E-state index in [2.05, 4.69) is 15.5 Å². The molecule has 0 unspecified atom stereocenters. The van der Waals surface area contributed by atoms with Crippen LogP contribution in [-0.2, 0) is 11.3 Å². The minimum atomic E-state index is 0.148. The molecule has 1 saturated carbocycles. The number of rotatable bonds is 6. The van der Waals surface area contributed by atoms with Gasteiger partial charge in [-0.1, -0.05) is 5.16 Å². The fraction of sp³-hybridized carbons (Fsp3) is 0.727. The number of aryl methyl sites for hydroxylation is 1. The number of amides is 1. The van der Waals surface area contributed by atoms with Crippen LogP contribution in [0.5, 0.6) is 0 Å². The Balaban J connectivity index is 1.72.